The Labute approximate surface area is 63.1 Å². The summed E-state index contributed by atoms with van der Waals surface area (Å²) in [6.07, 6.45) is 0. The van der Waals surface area contributed by atoms with Gasteiger partial charge in [0, 0.05) is 0 Å². The van der Waals surface area contributed by atoms with E-state index >= 15 is 0 Å². The number of nitrogen functional groups attached to an aromatic ring is 1. The Morgan fingerprint density at radius 1 is 1.73 bits per heavy atom. The fourth-order valence-corrected chi connectivity index (χ4v) is 0.740. The second kappa shape index (κ2) is 2.61. The van der Waals surface area contributed by atoms with E-state index in [2.05, 4.69) is 14.4 Å². The molecular weight excluding hydrogens is 148 g/mol. The third-order valence-electron chi connectivity index (χ3n) is 1.28. The van der Waals surface area contributed by atoms with Gasteiger partial charge in [-0.1, -0.05) is 5.16 Å². The largest absolute Gasteiger partial charge is 0.465 e. The third kappa shape index (κ3) is 1.17. The quantitative estimate of drug-likeness (QED) is 0.593. The summed E-state index contributed by atoms with van der Waals surface area (Å²) in [6.45, 7) is 1.59. The molecular formula is C6H8N2O3. The Kier molecular flexibility index (Phi) is 1.80. The molecule has 0 unspecified atom stereocenters. The van der Waals surface area contributed by atoms with Crippen LogP contribution in [-0.4, -0.2) is 18.2 Å². The molecule has 1 heterocycles. The Morgan fingerprint density at radius 3 is 2.73 bits per heavy atom. The highest BCUT2D eigenvalue weighted by atomic mass is 16.5. The highest BCUT2D eigenvalue weighted by Crippen LogP contribution is 2.15. The van der Waals surface area contributed by atoms with Crippen LogP contribution in [0.25, 0.3) is 0 Å². The van der Waals surface area contributed by atoms with E-state index in [1.54, 1.807) is 6.92 Å². The van der Waals surface area contributed by atoms with E-state index in [-0.39, 0.29) is 11.4 Å². The average molecular weight is 156 g/mol. The van der Waals surface area contributed by atoms with Crippen LogP contribution < -0.4 is 5.73 Å². The van der Waals surface area contributed by atoms with E-state index in [1.807, 2.05) is 0 Å². The van der Waals surface area contributed by atoms with Crippen molar-refractivity contribution < 1.29 is 14.1 Å². The summed E-state index contributed by atoms with van der Waals surface area (Å²) in [5, 5.41) is 3.39. The zero-order chi connectivity index (χ0) is 8.43. The van der Waals surface area contributed by atoms with Gasteiger partial charge in [0.1, 0.15) is 11.3 Å². The number of nitrogens with zero attached hydrogens (tertiary/aromatic N) is 1. The molecule has 1 aromatic heterocycles. The number of rotatable bonds is 1. The number of carbonyl (C=O) groups excluding carboxylic acids is 1. The summed E-state index contributed by atoms with van der Waals surface area (Å²) in [5.74, 6) is -0.0926. The van der Waals surface area contributed by atoms with Crippen molar-refractivity contribution in [3.8, 4) is 0 Å². The maximum atomic E-state index is 10.9. The van der Waals surface area contributed by atoms with Crippen LogP contribution in [0.4, 0.5) is 5.82 Å². The second-order valence-electron chi connectivity index (χ2n) is 1.99. The standard InChI is InChI=1S/C6H8N2O3/c1-3-4(6(9)10-2)5(7)8-11-3/h1-2H3,(H2,7,8). The molecule has 0 aromatic carbocycles. The molecule has 1 aromatic rings. The fourth-order valence-electron chi connectivity index (χ4n) is 0.740. The summed E-state index contributed by atoms with van der Waals surface area (Å²) < 4.78 is 9.08. The van der Waals surface area contributed by atoms with Crippen molar-refractivity contribution in [2.45, 2.75) is 6.92 Å². The molecule has 60 valence electrons. The topological polar surface area (TPSA) is 78.4 Å². The molecule has 0 fully saturated rings. The molecule has 5 heteroatoms. The molecule has 0 atom stereocenters. The van der Waals surface area contributed by atoms with Crippen molar-refractivity contribution in [1.29, 1.82) is 0 Å². The second-order valence-corrected chi connectivity index (χ2v) is 1.99. The molecule has 0 spiro atoms. The van der Waals surface area contributed by atoms with Crippen LogP contribution in [0.15, 0.2) is 4.52 Å². The lowest BCUT2D eigenvalue weighted by Crippen LogP contribution is -2.04. The normalized spacial score (nSPS) is 9.64. The number of carbonyl (C=O) groups is 1. The van der Waals surface area contributed by atoms with Gasteiger partial charge in [-0.15, -0.1) is 0 Å². The summed E-state index contributed by atoms with van der Waals surface area (Å²) in [7, 11) is 1.27. The number of anilines is 1. The zero-order valence-electron chi connectivity index (χ0n) is 6.25. The predicted octanol–water partition coefficient (Wildman–Crippen LogP) is 0.352. The molecule has 0 bridgehead atoms. The van der Waals surface area contributed by atoms with Crippen LogP contribution >= 0.6 is 0 Å². The minimum absolute atomic E-state index is 0.0642. The highest BCUT2D eigenvalue weighted by molar-refractivity contribution is 5.94. The first-order valence-electron chi connectivity index (χ1n) is 2.97. The molecule has 0 saturated heterocycles. The smallest absolute Gasteiger partial charge is 0.345 e. The molecule has 0 radical (unpaired) electrons. The highest BCUT2D eigenvalue weighted by Gasteiger charge is 2.18. The Balaban J connectivity index is 3.10. The van der Waals surface area contributed by atoms with Crippen LogP contribution in [-0.2, 0) is 4.74 Å². The van der Waals surface area contributed by atoms with Crippen molar-refractivity contribution >= 4 is 11.8 Å². The SMILES string of the molecule is COC(=O)c1c(N)noc1C. The third-order valence-corrected chi connectivity index (χ3v) is 1.28. The first kappa shape index (κ1) is 7.59. The summed E-state index contributed by atoms with van der Waals surface area (Å²) in [4.78, 5) is 10.9. The molecule has 11 heavy (non-hydrogen) atoms. The Bertz CT molecular complexity index is 260. The van der Waals surface area contributed by atoms with Gasteiger partial charge in [-0.25, -0.2) is 4.79 Å². The number of hydrogen-bond donors (Lipinski definition) is 1. The molecule has 2 N–H and O–H groups in total. The number of aromatic nitrogens is 1. The van der Waals surface area contributed by atoms with E-state index < -0.39 is 5.97 Å². The lowest BCUT2D eigenvalue weighted by atomic mass is 10.2. The van der Waals surface area contributed by atoms with Gasteiger partial charge < -0.3 is 15.0 Å². The molecule has 5 nitrogen and oxygen atoms in total. The van der Waals surface area contributed by atoms with Crippen LogP contribution in [0, 0.1) is 6.92 Å². The minimum Gasteiger partial charge on any atom is -0.465 e. The molecule has 1 rings (SSSR count). The van der Waals surface area contributed by atoms with Gasteiger partial charge in [0.2, 0.25) is 0 Å². The van der Waals surface area contributed by atoms with Crippen LogP contribution in [0.3, 0.4) is 0 Å². The maximum Gasteiger partial charge on any atom is 0.345 e. The number of nitrogens with two attached hydrogens (primary N) is 1. The van der Waals surface area contributed by atoms with Crippen LogP contribution in [0.2, 0.25) is 0 Å². The fraction of sp³-hybridized carbons (Fsp3) is 0.333. The zero-order valence-corrected chi connectivity index (χ0v) is 6.25. The Morgan fingerprint density at radius 2 is 2.36 bits per heavy atom. The summed E-state index contributed by atoms with van der Waals surface area (Å²) in [5.41, 5.74) is 5.51. The monoisotopic (exact) mass is 156 g/mol. The first-order valence-corrected chi connectivity index (χ1v) is 2.97. The van der Waals surface area contributed by atoms with E-state index in [1.165, 1.54) is 7.11 Å². The van der Waals surface area contributed by atoms with E-state index in [0.717, 1.165) is 0 Å². The number of ether oxygens (including phenoxy) is 1. The molecule has 0 amide bonds. The summed E-state index contributed by atoms with van der Waals surface area (Å²) in [6, 6.07) is 0. The van der Waals surface area contributed by atoms with Crippen molar-refractivity contribution in [3.63, 3.8) is 0 Å². The minimum atomic E-state index is -0.527. The van der Waals surface area contributed by atoms with Gasteiger partial charge in [0.05, 0.1) is 7.11 Å². The first-order chi connectivity index (χ1) is 5.16. The van der Waals surface area contributed by atoms with Crippen LogP contribution in [0.1, 0.15) is 16.1 Å². The van der Waals surface area contributed by atoms with E-state index in [4.69, 9.17) is 5.73 Å². The van der Waals surface area contributed by atoms with Crippen molar-refractivity contribution in [2.75, 3.05) is 12.8 Å². The van der Waals surface area contributed by atoms with Crippen molar-refractivity contribution in [2.24, 2.45) is 0 Å². The Hall–Kier alpha value is -1.52. The predicted molar refractivity (Wildman–Crippen MR) is 37.0 cm³/mol. The number of esters is 1. The van der Waals surface area contributed by atoms with Crippen LogP contribution in [0.5, 0.6) is 0 Å². The van der Waals surface area contributed by atoms with Gasteiger partial charge in [-0.05, 0) is 6.92 Å². The lowest BCUT2D eigenvalue weighted by Gasteiger charge is -1.94. The maximum absolute atomic E-state index is 10.9. The number of methoxy groups -OCH3 is 1. The van der Waals surface area contributed by atoms with E-state index in [0.29, 0.717) is 5.76 Å². The van der Waals surface area contributed by atoms with Gasteiger partial charge in [0.15, 0.2) is 5.82 Å². The van der Waals surface area contributed by atoms with E-state index in [9.17, 15) is 4.79 Å². The molecule has 0 aliphatic rings. The number of hydrogen-bond acceptors (Lipinski definition) is 5. The molecule has 0 saturated carbocycles. The van der Waals surface area contributed by atoms with Crippen molar-refractivity contribution in [3.05, 3.63) is 11.3 Å². The van der Waals surface area contributed by atoms with Gasteiger partial charge >= 0.3 is 5.97 Å². The molecule has 0 aliphatic heterocycles. The van der Waals surface area contributed by atoms with Crippen molar-refractivity contribution in [1.82, 2.24) is 5.16 Å². The number of aryl methyl sites for hydroxylation is 1. The van der Waals surface area contributed by atoms with Gasteiger partial charge in [0.25, 0.3) is 0 Å². The summed E-state index contributed by atoms with van der Waals surface area (Å²) >= 11 is 0. The van der Waals surface area contributed by atoms with Gasteiger partial charge in [-0.2, -0.15) is 0 Å². The lowest BCUT2D eigenvalue weighted by molar-refractivity contribution is 0.0600. The van der Waals surface area contributed by atoms with Gasteiger partial charge in [-0.3, -0.25) is 0 Å². The molecule has 0 aliphatic carbocycles. The average Bonchev–Trinajstić information content (AvgIpc) is 2.30.